The van der Waals surface area contributed by atoms with Crippen molar-refractivity contribution in [2.24, 2.45) is 5.92 Å². The number of nitrogens with one attached hydrogen (secondary N) is 2. The van der Waals surface area contributed by atoms with Gasteiger partial charge in [-0.25, -0.2) is 4.98 Å². The van der Waals surface area contributed by atoms with Gasteiger partial charge in [0.05, 0.1) is 5.69 Å². The summed E-state index contributed by atoms with van der Waals surface area (Å²) in [4.78, 5) is 12.0. The molecule has 1 saturated carbocycles. The summed E-state index contributed by atoms with van der Waals surface area (Å²) in [6, 6.07) is 9.21. The van der Waals surface area contributed by atoms with Crippen LogP contribution in [0, 0.1) is 5.92 Å². The van der Waals surface area contributed by atoms with Gasteiger partial charge in [-0.3, -0.25) is 0 Å². The molecule has 170 valence electrons. The Bertz CT molecular complexity index is 1050. The van der Waals surface area contributed by atoms with Crippen LogP contribution in [0.1, 0.15) is 55.3 Å². The molecule has 0 bridgehead atoms. The van der Waals surface area contributed by atoms with Gasteiger partial charge in [0.1, 0.15) is 5.82 Å². The number of nitrogens with zero attached hydrogens (tertiary/aromatic N) is 3. The molecule has 0 saturated heterocycles. The lowest BCUT2D eigenvalue weighted by atomic mass is 9.86. The number of aryl methyl sites for hydroxylation is 1. The van der Waals surface area contributed by atoms with E-state index in [1.54, 1.807) is 0 Å². The Hall–Kier alpha value is -2.18. The number of aromatic nitrogens is 2. The highest BCUT2D eigenvalue weighted by Gasteiger charge is 2.24. The van der Waals surface area contributed by atoms with Crippen LogP contribution < -0.4 is 15.5 Å². The van der Waals surface area contributed by atoms with Crippen molar-refractivity contribution in [3.8, 4) is 0 Å². The highest BCUT2D eigenvalue weighted by Crippen LogP contribution is 2.30. The molecule has 0 spiro atoms. The molecule has 3 aromatic rings. The molecule has 0 atom stereocenters. The van der Waals surface area contributed by atoms with Crippen molar-refractivity contribution in [2.75, 3.05) is 30.9 Å². The molecule has 0 amide bonds. The number of hydrogen-bond acceptors (Lipinski definition) is 6. The van der Waals surface area contributed by atoms with Crippen LogP contribution >= 0.6 is 11.3 Å². The average Bonchev–Trinajstić information content (AvgIpc) is 3.23. The normalized spacial score (nSPS) is 20.8. The third-order valence-corrected chi connectivity index (χ3v) is 8.09. The van der Waals surface area contributed by atoms with Gasteiger partial charge in [-0.1, -0.05) is 18.2 Å². The summed E-state index contributed by atoms with van der Waals surface area (Å²) in [6.07, 6.45) is 9.63. The Morgan fingerprint density at radius 3 is 2.69 bits per heavy atom. The standard InChI is InChI=1S/C26H35N5S/c1-31(2)25-22-8-3-5-9-23(22)29-26(30-25)28-20-13-11-18(12-14-20)15-27-16-19-17-32-24-10-6-4-7-21(19)24/h4,6-7,10,17-18,20,27H,3,5,8-9,11-16H2,1-2H3,(H,28,29,30)/t18-,20+. The Labute approximate surface area is 195 Å². The largest absolute Gasteiger partial charge is 0.362 e. The minimum Gasteiger partial charge on any atom is -0.362 e. The van der Waals surface area contributed by atoms with Crippen molar-refractivity contribution in [1.29, 1.82) is 0 Å². The Morgan fingerprint density at radius 1 is 1.03 bits per heavy atom. The van der Waals surface area contributed by atoms with E-state index >= 15 is 0 Å². The zero-order chi connectivity index (χ0) is 21.9. The van der Waals surface area contributed by atoms with Crippen LogP contribution in [0.2, 0.25) is 0 Å². The maximum absolute atomic E-state index is 4.91. The fourth-order valence-corrected chi connectivity index (χ4v) is 6.25. The van der Waals surface area contributed by atoms with Crippen LogP contribution in [0.25, 0.3) is 10.1 Å². The maximum atomic E-state index is 4.91. The average molecular weight is 450 g/mol. The molecular formula is C26H35N5S. The summed E-state index contributed by atoms with van der Waals surface area (Å²) in [6.45, 7) is 2.08. The summed E-state index contributed by atoms with van der Waals surface area (Å²) in [5.41, 5.74) is 4.05. The zero-order valence-corrected chi connectivity index (χ0v) is 20.2. The molecule has 1 fully saturated rings. The van der Waals surface area contributed by atoms with Gasteiger partial charge in [-0.05, 0) is 86.2 Å². The first-order chi connectivity index (χ1) is 15.7. The SMILES string of the molecule is CN(C)c1nc(N[C@H]2CC[C@@H](CNCc3csc4ccccc34)CC2)nc2c1CCCC2. The first-order valence-electron chi connectivity index (χ1n) is 12.2. The van der Waals surface area contributed by atoms with Crippen molar-refractivity contribution < 1.29 is 0 Å². The lowest BCUT2D eigenvalue weighted by Gasteiger charge is -2.30. The first-order valence-corrected chi connectivity index (χ1v) is 13.0. The van der Waals surface area contributed by atoms with E-state index in [4.69, 9.17) is 9.97 Å². The maximum Gasteiger partial charge on any atom is 0.225 e. The third-order valence-electron chi connectivity index (χ3n) is 7.07. The van der Waals surface area contributed by atoms with Crippen LogP contribution in [0.5, 0.6) is 0 Å². The van der Waals surface area contributed by atoms with E-state index < -0.39 is 0 Å². The molecule has 6 heteroatoms. The van der Waals surface area contributed by atoms with Crippen LogP contribution in [-0.4, -0.2) is 36.6 Å². The molecule has 2 aliphatic carbocycles. The van der Waals surface area contributed by atoms with Gasteiger partial charge in [-0.2, -0.15) is 4.98 Å². The molecule has 2 aliphatic rings. The monoisotopic (exact) mass is 449 g/mol. The second-order valence-electron chi connectivity index (χ2n) is 9.65. The molecule has 0 aliphatic heterocycles. The highest BCUT2D eigenvalue weighted by molar-refractivity contribution is 7.17. The Balaban J connectivity index is 1.12. The van der Waals surface area contributed by atoms with Gasteiger partial charge in [0.25, 0.3) is 0 Å². The number of benzene rings is 1. The molecule has 0 radical (unpaired) electrons. The third kappa shape index (κ3) is 4.76. The molecule has 2 N–H and O–H groups in total. The molecule has 5 nitrogen and oxygen atoms in total. The second kappa shape index (κ2) is 9.75. The number of hydrogen-bond donors (Lipinski definition) is 2. The van der Waals surface area contributed by atoms with Crippen LogP contribution in [0.15, 0.2) is 29.6 Å². The molecule has 0 unspecified atom stereocenters. The van der Waals surface area contributed by atoms with E-state index in [-0.39, 0.29) is 0 Å². The van der Waals surface area contributed by atoms with Gasteiger partial charge >= 0.3 is 0 Å². The van der Waals surface area contributed by atoms with Crippen LogP contribution in [0.3, 0.4) is 0 Å². The zero-order valence-electron chi connectivity index (χ0n) is 19.4. The fourth-order valence-electron chi connectivity index (χ4n) is 5.28. The molecule has 1 aromatic carbocycles. The smallest absolute Gasteiger partial charge is 0.225 e. The summed E-state index contributed by atoms with van der Waals surface area (Å²) >= 11 is 1.85. The van der Waals surface area contributed by atoms with Crippen molar-refractivity contribution in [3.05, 3.63) is 46.5 Å². The van der Waals surface area contributed by atoms with Gasteiger partial charge in [0, 0.05) is 36.9 Å². The second-order valence-corrected chi connectivity index (χ2v) is 10.6. The summed E-state index contributed by atoms with van der Waals surface area (Å²) in [5, 5.41) is 11.1. The van der Waals surface area contributed by atoms with E-state index in [1.807, 2.05) is 11.3 Å². The molecule has 32 heavy (non-hydrogen) atoms. The predicted molar refractivity (Wildman–Crippen MR) is 136 cm³/mol. The molecule has 2 aromatic heterocycles. The Morgan fingerprint density at radius 2 is 1.84 bits per heavy atom. The van der Waals surface area contributed by atoms with E-state index in [9.17, 15) is 0 Å². The van der Waals surface area contributed by atoms with Gasteiger partial charge < -0.3 is 15.5 Å². The highest BCUT2D eigenvalue weighted by atomic mass is 32.1. The lowest BCUT2D eigenvalue weighted by molar-refractivity contribution is 0.324. The van der Waals surface area contributed by atoms with Gasteiger partial charge in [0.15, 0.2) is 0 Å². The molecule has 5 rings (SSSR count). The Kier molecular flexibility index (Phi) is 6.60. The molecule has 2 heterocycles. The van der Waals surface area contributed by atoms with Gasteiger partial charge in [-0.15, -0.1) is 11.3 Å². The first kappa shape index (κ1) is 21.7. The number of rotatable bonds is 7. The fraction of sp³-hybridized carbons (Fsp3) is 0.538. The summed E-state index contributed by atoms with van der Waals surface area (Å²) in [5.74, 6) is 2.70. The van der Waals surface area contributed by atoms with Crippen molar-refractivity contribution in [1.82, 2.24) is 15.3 Å². The van der Waals surface area contributed by atoms with Crippen LogP contribution in [-0.2, 0) is 19.4 Å². The van der Waals surface area contributed by atoms with Crippen molar-refractivity contribution >= 4 is 33.2 Å². The number of anilines is 2. The topological polar surface area (TPSA) is 53.1 Å². The van der Waals surface area contributed by atoms with E-state index in [2.05, 4.69) is 59.3 Å². The predicted octanol–water partition coefficient (Wildman–Crippen LogP) is 5.40. The van der Waals surface area contributed by atoms with E-state index in [1.165, 1.54) is 65.4 Å². The lowest BCUT2D eigenvalue weighted by Crippen LogP contribution is -2.32. The minimum atomic E-state index is 0.490. The quantitative estimate of drug-likeness (QED) is 0.506. The van der Waals surface area contributed by atoms with Crippen molar-refractivity contribution in [3.63, 3.8) is 0 Å². The minimum absolute atomic E-state index is 0.490. The van der Waals surface area contributed by atoms with E-state index in [0.29, 0.717) is 6.04 Å². The summed E-state index contributed by atoms with van der Waals surface area (Å²) < 4.78 is 1.39. The van der Waals surface area contributed by atoms with Gasteiger partial charge in [0.2, 0.25) is 5.95 Å². The number of fused-ring (bicyclic) bond motifs is 2. The van der Waals surface area contributed by atoms with Crippen molar-refractivity contribution in [2.45, 2.75) is 64.0 Å². The number of thiophene rings is 1. The van der Waals surface area contributed by atoms with Crippen LogP contribution in [0.4, 0.5) is 11.8 Å². The summed E-state index contributed by atoms with van der Waals surface area (Å²) in [7, 11) is 4.19. The molecular weight excluding hydrogens is 414 g/mol. The van der Waals surface area contributed by atoms with E-state index in [0.717, 1.165) is 43.6 Å².